The highest BCUT2D eigenvalue weighted by Crippen LogP contribution is 2.46. The number of carbonyl (C=O) groups is 2. The molecule has 3 amide bonds. The Labute approximate surface area is 201 Å². The number of hydrogen-bond donors (Lipinski definition) is 3. The van der Waals surface area contributed by atoms with E-state index in [0.29, 0.717) is 18.4 Å². The van der Waals surface area contributed by atoms with Crippen molar-refractivity contribution in [1.82, 2.24) is 16.0 Å². The fourth-order valence-electron chi connectivity index (χ4n) is 4.16. The second-order valence-electron chi connectivity index (χ2n) is 8.42. The summed E-state index contributed by atoms with van der Waals surface area (Å²) in [5.41, 5.74) is 0.383. The maximum absolute atomic E-state index is 14.6. The van der Waals surface area contributed by atoms with Crippen LogP contribution >= 0.6 is 0 Å². The van der Waals surface area contributed by atoms with Crippen LogP contribution in [0.15, 0.2) is 30.3 Å². The quantitative estimate of drug-likeness (QED) is 0.540. The second-order valence-corrected chi connectivity index (χ2v) is 8.42. The standard InChI is InChI=1S/C22H22F3N3O4.C3H4/c1-11-5-12(7-14(6-11)32-25)22(3-4-22)28-21(30)27-19-15(10-26-20(19)29)18-16(23)8-13(31-2)9-17(18)24;1-3-2/h5-9,15,19H,3-4,10H2,1-2H3,(H,26,29)(H2,27,28,30);1H,2H3/t15-,19-;/m0./s1. The minimum absolute atomic E-state index is 0.00810. The number of ether oxygens (including phenoxy) is 1. The molecule has 35 heavy (non-hydrogen) atoms. The zero-order valence-electron chi connectivity index (χ0n) is 19.5. The van der Waals surface area contributed by atoms with Crippen LogP contribution in [-0.4, -0.2) is 31.6 Å². The van der Waals surface area contributed by atoms with E-state index >= 15 is 0 Å². The molecule has 1 aliphatic heterocycles. The van der Waals surface area contributed by atoms with Crippen molar-refractivity contribution in [2.45, 2.75) is 44.2 Å². The number of amides is 3. The van der Waals surface area contributed by atoms with Gasteiger partial charge in [-0.3, -0.25) is 9.74 Å². The fourth-order valence-corrected chi connectivity index (χ4v) is 4.16. The Morgan fingerprint density at radius 2 is 1.80 bits per heavy atom. The number of carbonyl (C=O) groups excluding carboxylic acids is 2. The lowest BCUT2D eigenvalue weighted by molar-refractivity contribution is -0.120. The van der Waals surface area contributed by atoms with Gasteiger partial charge in [0.1, 0.15) is 23.4 Å². The van der Waals surface area contributed by atoms with E-state index < -0.39 is 41.1 Å². The lowest BCUT2D eigenvalue weighted by atomic mass is 9.92. The Hall–Kier alpha value is -3.87. The molecule has 2 aromatic carbocycles. The zero-order chi connectivity index (χ0) is 25.8. The molecule has 2 fully saturated rings. The summed E-state index contributed by atoms with van der Waals surface area (Å²) >= 11 is 0. The van der Waals surface area contributed by atoms with E-state index in [4.69, 9.17) is 4.74 Å². The third-order valence-corrected chi connectivity index (χ3v) is 5.92. The van der Waals surface area contributed by atoms with Gasteiger partial charge in [0.2, 0.25) is 5.91 Å². The van der Waals surface area contributed by atoms with Gasteiger partial charge in [-0.05, 0) is 49.9 Å². The van der Waals surface area contributed by atoms with Crippen molar-refractivity contribution >= 4 is 11.9 Å². The minimum atomic E-state index is -1.18. The number of aryl methyl sites for hydroxylation is 1. The summed E-state index contributed by atoms with van der Waals surface area (Å²) in [6, 6.07) is 5.03. The van der Waals surface area contributed by atoms with Crippen LogP contribution in [0.25, 0.3) is 0 Å². The third kappa shape index (κ3) is 5.62. The van der Waals surface area contributed by atoms with Crippen molar-refractivity contribution in [2.75, 3.05) is 13.7 Å². The molecule has 1 aliphatic carbocycles. The topological polar surface area (TPSA) is 88.7 Å². The molecular formula is C25H26F3N3O4. The molecule has 4 rings (SSSR count). The lowest BCUT2D eigenvalue weighted by Crippen LogP contribution is -2.50. The number of urea groups is 1. The fraction of sp³-hybridized carbons (Fsp3) is 0.360. The molecule has 0 radical (unpaired) electrons. The zero-order valence-corrected chi connectivity index (χ0v) is 19.5. The van der Waals surface area contributed by atoms with Crippen LogP contribution in [-0.2, 0) is 10.3 Å². The van der Waals surface area contributed by atoms with E-state index in [1.807, 2.05) is 6.07 Å². The van der Waals surface area contributed by atoms with Crippen molar-refractivity contribution in [2.24, 2.45) is 0 Å². The van der Waals surface area contributed by atoms with Crippen LogP contribution in [0.4, 0.5) is 18.1 Å². The van der Waals surface area contributed by atoms with Crippen LogP contribution in [0.3, 0.4) is 0 Å². The number of rotatable bonds is 6. The van der Waals surface area contributed by atoms with Gasteiger partial charge < -0.3 is 20.7 Å². The molecule has 0 unspecified atom stereocenters. The van der Waals surface area contributed by atoms with Crippen LogP contribution in [0.1, 0.15) is 42.4 Å². The smallest absolute Gasteiger partial charge is 0.316 e. The number of benzene rings is 2. The third-order valence-electron chi connectivity index (χ3n) is 5.92. The summed E-state index contributed by atoms with van der Waals surface area (Å²) in [6.45, 7) is 3.39. The Kier molecular flexibility index (Phi) is 7.79. The number of nitrogens with one attached hydrogen (secondary N) is 3. The van der Waals surface area contributed by atoms with Gasteiger partial charge in [-0.1, -0.05) is 6.07 Å². The molecule has 10 heteroatoms. The normalized spacial score (nSPS) is 19.4. The Morgan fingerprint density at radius 1 is 1.17 bits per heavy atom. The average Bonchev–Trinajstić information content (AvgIpc) is 3.51. The maximum Gasteiger partial charge on any atom is 0.316 e. The number of methoxy groups -OCH3 is 1. The Bertz CT molecular complexity index is 1140. The first-order valence-corrected chi connectivity index (χ1v) is 10.9. The molecule has 0 bridgehead atoms. The first-order valence-electron chi connectivity index (χ1n) is 10.9. The first kappa shape index (κ1) is 25.7. The Balaban J connectivity index is 0.00000108. The molecule has 0 spiro atoms. The summed E-state index contributed by atoms with van der Waals surface area (Å²) in [4.78, 5) is 28.9. The second kappa shape index (κ2) is 10.6. The Morgan fingerprint density at radius 3 is 2.34 bits per heavy atom. The molecule has 2 aromatic rings. The van der Waals surface area contributed by atoms with Crippen LogP contribution < -0.4 is 25.6 Å². The molecule has 1 saturated carbocycles. The molecule has 3 N–H and O–H groups in total. The summed E-state index contributed by atoms with van der Waals surface area (Å²) in [5, 5.41) is 7.89. The number of hydrogen-bond acceptors (Lipinski definition) is 4. The van der Waals surface area contributed by atoms with Crippen molar-refractivity contribution < 1.29 is 32.6 Å². The molecule has 2 aliphatic rings. The van der Waals surface area contributed by atoms with E-state index in [1.165, 1.54) is 19.2 Å². The van der Waals surface area contributed by atoms with Gasteiger partial charge in [-0.25, -0.2) is 13.6 Å². The highest BCUT2D eigenvalue weighted by Gasteiger charge is 2.47. The van der Waals surface area contributed by atoms with Crippen molar-refractivity contribution in [3.8, 4) is 23.8 Å². The minimum Gasteiger partial charge on any atom is -0.497 e. The van der Waals surface area contributed by atoms with E-state index in [1.54, 1.807) is 13.8 Å². The SMILES string of the molecule is C#CC.COc1cc(F)c([C@@H]2CNC(=O)[C@H]2NC(=O)NC2(c3cc(C)cc(OF)c3)CC2)c(F)c1. The molecule has 186 valence electrons. The van der Waals surface area contributed by atoms with Crippen molar-refractivity contribution in [3.05, 3.63) is 58.7 Å². The van der Waals surface area contributed by atoms with Gasteiger partial charge in [0.15, 0.2) is 5.75 Å². The predicted octanol–water partition coefficient (Wildman–Crippen LogP) is 3.76. The largest absolute Gasteiger partial charge is 0.497 e. The highest BCUT2D eigenvalue weighted by molar-refractivity contribution is 5.90. The highest BCUT2D eigenvalue weighted by atomic mass is 19.3. The molecule has 1 heterocycles. The van der Waals surface area contributed by atoms with E-state index in [0.717, 1.165) is 17.7 Å². The predicted molar refractivity (Wildman–Crippen MR) is 122 cm³/mol. The van der Waals surface area contributed by atoms with Gasteiger partial charge in [0, 0.05) is 34.7 Å². The maximum atomic E-state index is 14.6. The summed E-state index contributed by atoms with van der Waals surface area (Å²) in [7, 11) is 1.29. The summed E-state index contributed by atoms with van der Waals surface area (Å²) < 4.78 is 46.7. The van der Waals surface area contributed by atoms with Gasteiger partial charge in [-0.2, -0.15) is 0 Å². The first-order chi connectivity index (χ1) is 16.7. The molecule has 7 nitrogen and oxygen atoms in total. The van der Waals surface area contributed by atoms with Gasteiger partial charge in [-0.15, -0.1) is 12.3 Å². The molecule has 0 aromatic heterocycles. The number of halogens is 3. The lowest BCUT2D eigenvalue weighted by Gasteiger charge is -2.23. The summed E-state index contributed by atoms with van der Waals surface area (Å²) in [6.07, 6.45) is 5.81. The van der Waals surface area contributed by atoms with Crippen LogP contribution in [0, 0.1) is 30.9 Å². The van der Waals surface area contributed by atoms with Crippen molar-refractivity contribution in [3.63, 3.8) is 0 Å². The average molecular weight is 489 g/mol. The molecule has 1 saturated heterocycles. The summed E-state index contributed by atoms with van der Waals surface area (Å²) in [5.74, 6) is -0.948. The van der Waals surface area contributed by atoms with Gasteiger partial charge in [0.25, 0.3) is 0 Å². The van der Waals surface area contributed by atoms with Crippen LogP contribution in [0.2, 0.25) is 0 Å². The van der Waals surface area contributed by atoms with E-state index in [-0.39, 0.29) is 23.6 Å². The van der Waals surface area contributed by atoms with Crippen molar-refractivity contribution in [1.29, 1.82) is 0 Å². The van der Waals surface area contributed by atoms with E-state index in [9.17, 15) is 22.9 Å². The number of terminal acetylenes is 1. The van der Waals surface area contributed by atoms with Gasteiger partial charge >= 0.3 is 6.03 Å². The van der Waals surface area contributed by atoms with Gasteiger partial charge in [0.05, 0.1) is 12.6 Å². The molecule has 2 atom stereocenters. The van der Waals surface area contributed by atoms with E-state index in [2.05, 4.69) is 33.2 Å². The molecular weight excluding hydrogens is 463 g/mol. The van der Waals surface area contributed by atoms with Crippen LogP contribution in [0.5, 0.6) is 11.5 Å². The monoisotopic (exact) mass is 489 g/mol.